The molecule has 2 aromatic carbocycles. The molecule has 0 aliphatic carbocycles. The van der Waals surface area contributed by atoms with Gasteiger partial charge in [-0.15, -0.1) is 22.7 Å². The maximum Gasteiger partial charge on any atom is 0.339 e. The SMILES string of the molecule is O=C(COC(=O)c1ccccc1-c1nc2ccccc2s1)c1cccs1. The minimum Gasteiger partial charge on any atom is -0.454 e. The van der Waals surface area contributed by atoms with E-state index in [0.717, 1.165) is 15.2 Å². The van der Waals surface area contributed by atoms with Crippen molar-refractivity contribution in [1.82, 2.24) is 4.98 Å². The zero-order valence-electron chi connectivity index (χ0n) is 13.5. The topological polar surface area (TPSA) is 56.3 Å². The van der Waals surface area contributed by atoms with Gasteiger partial charge in [0.1, 0.15) is 5.01 Å². The predicted octanol–water partition coefficient (Wildman–Crippen LogP) is 5.06. The van der Waals surface area contributed by atoms with Gasteiger partial charge in [0.05, 0.1) is 20.7 Å². The molecule has 2 heterocycles. The second kappa shape index (κ2) is 7.19. The highest BCUT2D eigenvalue weighted by Crippen LogP contribution is 2.32. The number of nitrogens with zero attached hydrogens (tertiary/aromatic N) is 1. The fourth-order valence-electron chi connectivity index (χ4n) is 2.55. The van der Waals surface area contributed by atoms with Gasteiger partial charge in [-0.3, -0.25) is 4.79 Å². The number of para-hydroxylation sites is 1. The van der Waals surface area contributed by atoms with Crippen molar-refractivity contribution in [1.29, 1.82) is 0 Å². The van der Waals surface area contributed by atoms with Gasteiger partial charge in [0, 0.05) is 5.56 Å². The van der Waals surface area contributed by atoms with Crippen molar-refractivity contribution in [3.05, 3.63) is 76.5 Å². The lowest BCUT2D eigenvalue weighted by molar-refractivity contribution is 0.0476. The van der Waals surface area contributed by atoms with Gasteiger partial charge in [-0.2, -0.15) is 0 Å². The highest BCUT2D eigenvalue weighted by atomic mass is 32.1. The largest absolute Gasteiger partial charge is 0.454 e. The summed E-state index contributed by atoms with van der Waals surface area (Å²) >= 11 is 2.85. The van der Waals surface area contributed by atoms with Gasteiger partial charge in [-0.1, -0.05) is 36.4 Å². The third-order valence-electron chi connectivity index (χ3n) is 3.80. The first-order chi connectivity index (χ1) is 12.7. The van der Waals surface area contributed by atoms with Crippen molar-refractivity contribution in [2.75, 3.05) is 6.61 Å². The molecule has 2 aromatic heterocycles. The summed E-state index contributed by atoms with van der Waals surface area (Å²) in [5.74, 6) is -0.726. The number of hydrogen-bond donors (Lipinski definition) is 0. The van der Waals surface area contributed by atoms with Crippen LogP contribution in [0.5, 0.6) is 0 Å². The van der Waals surface area contributed by atoms with Crippen LogP contribution in [0.2, 0.25) is 0 Å². The van der Waals surface area contributed by atoms with E-state index in [0.29, 0.717) is 16.0 Å². The summed E-state index contributed by atoms with van der Waals surface area (Å²) in [6, 6.07) is 18.5. The summed E-state index contributed by atoms with van der Waals surface area (Å²) in [5, 5.41) is 2.57. The van der Waals surface area contributed by atoms with Crippen molar-refractivity contribution in [3.63, 3.8) is 0 Å². The normalized spacial score (nSPS) is 10.8. The Hall–Kier alpha value is -2.83. The minimum atomic E-state index is -0.523. The fourth-order valence-corrected chi connectivity index (χ4v) is 4.21. The molecule has 4 rings (SSSR count). The molecule has 4 aromatic rings. The molecule has 0 radical (unpaired) electrons. The molecule has 6 heteroatoms. The van der Waals surface area contributed by atoms with Gasteiger partial charge in [0.2, 0.25) is 5.78 Å². The van der Waals surface area contributed by atoms with Crippen LogP contribution in [0.15, 0.2) is 66.0 Å². The molecule has 0 saturated carbocycles. The number of fused-ring (bicyclic) bond motifs is 1. The van der Waals surface area contributed by atoms with E-state index in [1.54, 1.807) is 24.3 Å². The Morgan fingerprint density at radius 2 is 1.77 bits per heavy atom. The molecule has 0 fully saturated rings. The number of esters is 1. The Kier molecular flexibility index (Phi) is 4.60. The number of Topliss-reactive ketones (excluding diaryl/α,β-unsaturated/α-hetero) is 1. The number of thiazole rings is 1. The van der Waals surface area contributed by atoms with E-state index in [1.807, 2.05) is 41.8 Å². The Balaban J connectivity index is 1.59. The predicted molar refractivity (Wildman–Crippen MR) is 104 cm³/mol. The van der Waals surface area contributed by atoms with Crippen LogP contribution in [0.3, 0.4) is 0 Å². The lowest BCUT2D eigenvalue weighted by atomic mass is 10.1. The van der Waals surface area contributed by atoms with E-state index >= 15 is 0 Å². The fraction of sp³-hybridized carbons (Fsp3) is 0.0500. The molecular formula is C20H13NO3S2. The summed E-state index contributed by atoms with van der Waals surface area (Å²) in [6.45, 7) is -0.270. The molecule has 26 heavy (non-hydrogen) atoms. The number of carbonyl (C=O) groups excluding carboxylic acids is 2. The standard InChI is InChI=1S/C20H13NO3S2/c22-16(18-10-5-11-25-18)12-24-20(23)14-7-2-1-6-13(14)19-21-15-8-3-4-9-17(15)26-19/h1-11H,12H2. The van der Waals surface area contributed by atoms with Gasteiger partial charge in [-0.25, -0.2) is 9.78 Å². The van der Waals surface area contributed by atoms with Gasteiger partial charge in [0.15, 0.2) is 6.61 Å². The quantitative estimate of drug-likeness (QED) is 0.359. The first-order valence-electron chi connectivity index (χ1n) is 7.91. The number of thiophene rings is 1. The van der Waals surface area contributed by atoms with Crippen molar-refractivity contribution in [2.24, 2.45) is 0 Å². The van der Waals surface area contributed by atoms with Crippen LogP contribution in [0.4, 0.5) is 0 Å². The number of hydrogen-bond acceptors (Lipinski definition) is 6. The molecule has 128 valence electrons. The second-order valence-electron chi connectivity index (χ2n) is 5.51. The van der Waals surface area contributed by atoms with Crippen LogP contribution in [0.1, 0.15) is 20.0 Å². The Morgan fingerprint density at radius 3 is 2.58 bits per heavy atom. The summed E-state index contributed by atoms with van der Waals surface area (Å²) < 4.78 is 6.30. The minimum absolute atomic E-state index is 0.203. The van der Waals surface area contributed by atoms with E-state index < -0.39 is 5.97 Å². The maximum absolute atomic E-state index is 12.5. The Bertz CT molecular complexity index is 1050. The summed E-state index contributed by atoms with van der Waals surface area (Å²) in [6.07, 6.45) is 0. The number of ether oxygens (including phenoxy) is 1. The Labute approximate surface area is 157 Å². The summed E-state index contributed by atoms with van der Waals surface area (Å²) in [7, 11) is 0. The van der Waals surface area contributed by atoms with Crippen LogP contribution in [0.25, 0.3) is 20.8 Å². The molecule has 0 bridgehead atoms. The zero-order valence-corrected chi connectivity index (χ0v) is 15.2. The van der Waals surface area contributed by atoms with Crippen molar-refractivity contribution in [3.8, 4) is 10.6 Å². The lowest BCUT2D eigenvalue weighted by Crippen LogP contribution is -2.14. The third-order valence-corrected chi connectivity index (χ3v) is 5.78. The Morgan fingerprint density at radius 1 is 0.962 bits per heavy atom. The van der Waals surface area contributed by atoms with Crippen molar-refractivity contribution < 1.29 is 14.3 Å². The van der Waals surface area contributed by atoms with E-state index in [4.69, 9.17) is 4.74 Å². The summed E-state index contributed by atoms with van der Waals surface area (Å²) in [5.41, 5.74) is 2.01. The molecule has 0 amide bonds. The van der Waals surface area contributed by atoms with E-state index in [-0.39, 0.29) is 12.4 Å². The average Bonchev–Trinajstić information content (AvgIpc) is 3.35. The molecule has 0 unspecified atom stereocenters. The zero-order chi connectivity index (χ0) is 17.9. The summed E-state index contributed by atoms with van der Waals surface area (Å²) in [4.78, 5) is 29.8. The van der Waals surface area contributed by atoms with E-state index in [9.17, 15) is 9.59 Å². The van der Waals surface area contributed by atoms with Crippen molar-refractivity contribution in [2.45, 2.75) is 0 Å². The van der Waals surface area contributed by atoms with Gasteiger partial charge >= 0.3 is 5.97 Å². The monoisotopic (exact) mass is 379 g/mol. The van der Waals surface area contributed by atoms with Crippen LogP contribution in [-0.4, -0.2) is 23.3 Å². The van der Waals surface area contributed by atoms with Crippen LogP contribution in [-0.2, 0) is 4.74 Å². The van der Waals surface area contributed by atoms with Gasteiger partial charge < -0.3 is 4.74 Å². The molecule has 0 atom stereocenters. The maximum atomic E-state index is 12.5. The number of ketones is 1. The molecular weight excluding hydrogens is 366 g/mol. The van der Waals surface area contributed by atoms with Crippen LogP contribution in [0, 0.1) is 0 Å². The molecule has 0 spiro atoms. The highest BCUT2D eigenvalue weighted by molar-refractivity contribution is 7.21. The van der Waals surface area contributed by atoms with Crippen LogP contribution < -0.4 is 0 Å². The second-order valence-corrected chi connectivity index (χ2v) is 7.49. The average molecular weight is 379 g/mol. The van der Waals surface area contributed by atoms with E-state index in [2.05, 4.69) is 4.98 Å². The third kappa shape index (κ3) is 3.29. The lowest BCUT2D eigenvalue weighted by Gasteiger charge is -2.07. The molecule has 0 saturated heterocycles. The van der Waals surface area contributed by atoms with E-state index in [1.165, 1.54) is 22.7 Å². The smallest absolute Gasteiger partial charge is 0.339 e. The highest BCUT2D eigenvalue weighted by Gasteiger charge is 2.18. The van der Waals surface area contributed by atoms with Crippen molar-refractivity contribution >= 4 is 44.6 Å². The molecule has 0 aliphatic heterocycles. The van der Waals surface area contributed by atoms with Gasteiger partial charge in [0.25, 0.3) is 0 Å². The number of rotatable bonds is 5. The number of benzene rings is 2. The number of carbonyl (C=O) groups is 2. The first-order valence-corrected chi connectivity index (χ1v) is 9.61. The molecule has 4 nitrogen and oxygen atoms in total. The van der Waals surface area contributed by atoms with Crippen LogP contribution >= 0.6 is 22.7 Å². The first kappa shape index (κ1) is 16.6. The molecule has 0 N–H and O–H groups in total. The number of aromatic nitrogens is 1. The molecule has 0 aliphatic rings. The van der Waals surface area contributed by atoms with Gasteiger partial charge in [-0.05, 0) is 29.6 Å².